The first kappa shape index (κ1) is 13.6. The maximum absolute atomic E-state index is 12.0. The third kappa shape index (κ3) is 3.02. The standard InChI is InChI=1S/C16H23N3O/c17-15(20)16(18-14-7-8-14)9-4-10-19(12-16)11-13-5-2-1-3-6-13/h1-3,5-6,14,18H,4,7-12H2,(H2,17,20). The van der Waals surface area contributed by atoms with Crippen molar-refractivity contribution in [1.29, 1.82) is 0 Å². The summed E-state index contributed by atoms with van der Waals surface area (Å²) in [6.07, 6.45) is 4.24. The van der Waals surface area contributed by atoms with Crippen molar-refractivity contribution in [2.24, 2.45) is 5.73 Å². The Morgan fingerprint density at radius 1 is 1.35 bits per heavy atom. The third-order valence-corrected chi connectivity index (χ3v) is 4.35. The van der Waals surface area contributed by atoms with Crippen LogP contribution in [0.25, 0.3) is 0 Å². The van der Waals surface area contributed by atoms with Gasteiger partial charge in [-0.15, -0.1) is 0 Å². The molecule has 108 valence electrons. The number of nitrogens with two attached hydrogens (primary N) is 1. The molecule has 1 unspecified atom stereocenters. The van der Waals surface area contributed by atoms with E-state index in [2.05, 4.69) is 34.5 Å². The molecule has 3 N–H and O–H groups in total. The molecule has 1 heterocycles. The van der Waals surface area contributed by atoms with Gasteiger partial charge in [-0.1, -0.05) is 30.3 Å². The van der Waals surface area contributed by atoms with Gasteiger partial charge in [0.15, 0.2) is 0 Å². The molecule has 1 atom stereocenters. The first-order valence-corrected chi connectivity index (χ1v) is 7.52. The van der Waals surface area contributed by atoms with Gasteiger partial charge < -0.3 is 5.73 Å². The summed E-state index contributed by atoms with van der Waals surface area (Å²) in [5.41, 5.74) is 6.48. The molecule has 3 rings (SSSR count). The van der Waals surface area contributed by atoms with E-state index >= 15 is 0 Å². The number of amides is 1. The fraction of sp³-hybridized carbons (Fsp3) is 0.562. The lowest BCUT2D eigenvalue weighted by Crippen LogP contribution is -2.64. The fourth-order valence-corrected chi connectivity index (χ4v) is 3.13. The zero-order valence-corrected chi connectivity index (χ0v) is 11.8. The number of carbonyl (C=O) groups is 1. The third-order valence-electron chi connectivity index (χ3n) is 4.35. The summed E-state index contributed by atoms with van der Waals surface area (Å²) in [5, 5.41) is 3.51. The molecule has 4 heteroatoms. The van der Waals surface area contributed by atoms with E-state index in [-0.39, 0.29) is 5.91 Å². The first-order chi connectivity index (χ1) is 9.68. The van der Waals surface area contributed by atoms with E-state index in [0.717, 1.165) is 32.5 Å². The maximum atomic E-state index is 12.0. The SMILES string of the molecule is NC(=O)C1(NC2CC2)CCCN(Cc2ccccc2)C1. The molecular formula is C16H23N3O. The van der Waals surface area contributed by atoms with Gasteiger partial charge in [0.05, 0.1) is 0 Å². The number of hydrogen-bond donors (Lipinski definition) is 2. The summed E-state index contributed by atoms with van der Waals surface area (Å²) < 4.78 is 0. The molecule has 1 saturated carbocycles. The lowest BCUT2D eigenvalue weighted by molar-refractivity contribution is -0.127. The summed E-state index contributed by atoms with van der Waals surface area (Å²) in [6, 6.07) is 10.9. The number of rotatable bonds is 5. The number of piperidine rings is 1. The van der Waals surface area contributed by atoms with Gasteiger partial charge in [0, 0.05) is 19.1 Å². The highest BCUT2D eigenvalue weighted by atomic mass is 16.1. The highest BCUT2D eigenvalue weighted by molar-refractivity contribution is 5.85. The number of nitrogens with one attached hydrogen (secondary N) is 1. The molecular weight excluding hydrogens is 250 g/mol. The van der Waals surface area contributed by atoms with Crippen molar-refractivity contribution in [2.45, 2.75) is 43.8 Å². The summed E-state index contributed by atoms with van der Waals surface area (Å²) >= 11 is 0. The van der Waals surface area contributed by atoms with Crippen LogP contribution in [0.3, 0.4) is 0 Å². The normalized spacial score (nSPS) is 27.4. The predicted octanol–water partition coefficient (Wildman–Crippen LogP) is 1.26. The Hall–Kier alpha value is -1.39. The Morgan fingerprint density at radius 3 is 2.75 bits per heavy atom. The van der Waals surface area contributed by atoms with Gasteiger partial charge >= 0.3 is 0 Å². The summed E-state index contributed by atoms with van der Waals surface area (Å²) in [6.45, 7) is 2.66. The second-order valence-electron chi connectivity index (χ2n) is 6.16. The molecule has 1 amide bonds. The first-order valence-electron chi connectivity index (χ1n) is 7.52. The molecule has 20 heavy (non-hydrogen) atoms. The minimum atomic E-state index is -0.520. The van der Waals surface area contributed by atoms with Crippen molar-refractivity contribution in [3.63, 3.8) is 0 Å². The molecule has 1 aromatic carbocycles. The van der Waals surface area contributed by atoms with Gasteiger partial charge in [-0.2, -0.15) is 0 Å². The summed E-state index contributed by atoms with van der Waals surface area (Å²) in [5.74, 6) is -0.192. The molecule has 0 spiro atoms. The van der Waals surface area contributed by atoms with E-state index < -0.39 is 5.54 Å². The van der Waals surface area contributed by atoms with Crippen molar-refractivity contribution in [3.05, 3.63) is 35.9 Å². The lowest BCUT2D eigenvalue weighted by Gasteiger charge is -2.41. The highest BCUT2D eigenvalue weighted by Crippen LogP contribution is 2.28. The topological polar surface area (TPSA) is 58.4 Å². The Morgan fingerprint density at radius 2 is 2.10 bits per heavy atom. The second kappa shape index (κ2) is 5.54. The largest absolute Gasteiger partial charge is 0.368 e. The van der Waals surface area contributed by atoms with Crippen LogP contribution < -0.4 is 11.1 Å². The average Bonchev–Trinajstić information content (AvgIpc) is 3.24. The van der Waals surface area contributed by atoms with Crippen LogP contribution in [0.1, 0.15) is 31.2 Å². The number of benzene rings is 1. The molecule has 0 bridgehead atoms. The minimum absolute atomic E-state index is 0.192. The lowest BCUT2D eigenvalue weighted by atomic mass is 9.87. The van der Waals surface area contributed by atoms with Crippen LogP contribution in [0, 0.1) is 0 Å². The van der Waals surface area contributed by atoms with Crippen LogP contribution in [-0.2, 0) is 11.3 Å². The predicted molar refractivity (Wildman–Crippen MR) is 79.0 cm³/mol. The van der Waals surface area contributed by atoms with Crippen molar-refractivity contribution < 1.29 is 4.79 Å². The van der Waals surface area contributed by atoms with Gasteiger partial charge in [-0.25, -0.2) is 0 Å². The Balaban J connectivity index is 1.69. The molecule has 1 aliphatic heterocycles. The molecule has 0 radical (unpaired) electrons. The van der Waals surface area contributed by atoms with Crippen LogP contribution in [0.5, 0.6) is 0 Å². The van der Waals surface area contributed by atoms with Gasteiger partial charge in [-0.3, -0.25) is 15.0 Å². The van der Waals surface area contributed by atoms with Crippen LogP contribution in [0.4, 0.5) is 0 Å². The Labute approximate surface area is 120 Å². The van der Waals surface area contributed by atoms with E-state index in [9.17, 15) is 4.79 Å². The maximum Gasteiger partial charge on any atom is 0.239 e. The van der Waals surface area contributed by atoms with Crippen LogP contribution in [0.15, 0.2) is 30.3 Å². The number of likely N-dealkylation sites (tertiary alicyclic amines) is 1. The van der Waals surface area contributed by atoms with Crippen LogP contribution >= 0.6 is 0 Å². The molecule has 0 aromatic heterocycles. The molecule has 2 aliphatic rings. The van der Waals surface area contributed by atoms with E-state index in [0.29, 0.717) is 6.04 Å². The molecule has 1 aromatic rings. The molecule has 1 saturated heterocycles. The molecule has 1 aliphatic carbocycles. The Bertz CT molecular complexity index is 472. The van der Waals surface area contributed by atoms with Gasteiger partial charge in [0.1, 0.15) is 5.54 Å². The van der Waals surface area contributed by atoms with Crippen molar-refractivity contribution in [2.75, 3.05) is 13.1 Å². The summed E-state index contributed by atoms with van der Waals surface area (Å²) in [4.78, 5) is 14.3. The van der Waals surface area contributed by atoms with Crippen molar-refractivity contribution in [1.82, 2.24) is 10.2 Å². The number of carbonyl (C=O) groups excluding carboxylic acids is 1. The van der Waals surface area contributed by atoms with Crippen LogP contribution in [-0.4, -0.2) is 35.5 Å². The van der Waals surface area contributed by atoms with Gasteiger partial charge in [0.2, 0.25) is 5.91 Å². The Kier molecular flexibility index (Phi) is 3.76. The molecule has 2 fully saturated rings. The van der Waals surface area contributed by atoms with E-state index in [1.807, 2.05) is 6.07 Å². The quantitative estimate of drug-likeness (QED) is 0.849. The second-order valence-corrected chi connectivity index (χ2v) is 6.16. The number of primary amides is 1. The van der Waals surface area contributed by atoms with E-state index in [1.165, 1.54) is 18.4 Å². The average molecular weight is 273 g/mol. The number of nitrogens with zero attached hydrogens (tertiary/aromatic N) is 1. The van der Waals surface area contributed by atoms with Crippen LogP contribution in [0.2, 0.25) is 0 Å². The van der Waals surface area contributed by atoms with Gasteiger partial charge in [-0.05, 0) is 37.8 Å². The van der Waals surface area contributed by atoms with Crippen molar-refractivity contribution >= 4 is 5.91 Å². The van der Waals surface area contributed by atoms with E-state index in [1.54, 1.807) is 0 Å². The number of hydrogen-bond acceptors (Lipinski definition) is 3. The fourth-order valence-electron chi connectivity index (χ4n) is 3.13. The monoisotopic (exact) mass is 273 g/mol. The van der Waals surface area contributed by atoms with Crippen molar-refractivity contribution in [3.8, 4) is 0 Å². The minimum Gasteiger partial charge on any atom is -0.368 e. The zero-order valence-electron chi connectivity index (χ0n) is 11.8. The highest BCUT2D eigenvalue weighted by Gasteiger charge is 2.43. The van der Waals surface area contributed by atoms with E-state index in [4.69, 9.17) is 5.73 Å². The smallest absolute Gasteiger partial charge is 0.239 e. The molecule has 4 nitrogen and oxygen atoms in total. The zero-order chi connectivity index (χ0) is 14.0. The summed E-state index contributed by atoms with van der Waals surface area (Å²) in [7, 11) is 0. The van der Waals surface area contributed by atoms with Gasteiger partial charge in [0.25, 0.3) is 0 Å².